The molecule has 1 unspecified atom stereocenters. The van der Waals surface area contributed by atoms with Crippen LogP contribution in [0.5, 0.6) is 0 Å². The van der Waals surface area contributed by atoms with Crippen LogP contribution in [0.25, 0.3) is 0 Å². The Bertz CT molecular complexity index is 740. The Morgan fingerprint density at radius 3 is 2.42 bits per heavy atom. The molecular formula is C20H25N3O2S. The number of nitrogens with one attached hydrogen (secondary N) is 2. The van der Waals surface area contributed by atoms with Crippen LogP contribution >= 0.6 is 11.8 Å². The first kappa shape index (κ1) is 20.0. The zero-order chi connectivity index (χ0) is 19.2. The number of carbonyl (C=O) groups excluding carboxylic acids is 2. The highest BCUT2D eigenvalue weighted by Crippen LogP contribution is 2.22. The Hall–Kier alpha value is -2.34. The number of pyridine rings is 1. The van der Waals surface area contributed by atoms with E-state index in [0.29, 0.717) is 5.56 Å². The second kappa shape index (κ2) is 8.85. The van der Waals surface area contributed by atoms with Gasteiger partial charge in [0.05, 0.1) is 0 Å². The summed E-state index contributed by atoms with van der Waals surface area (Å²) in [5.41, 5.74) is 1.35. The van der Waals surface area contributed by atoms with E-state index in [-0.39, 0.29) is 17.4 Å². The first-order chi connectivity index (χ1) is 12.2. The van der Waals surface area contributed by atoms with E-state index in [1.54, 1.807) is 37.0 Å². The Kier molecular flexibility index (Phi) is 6.80. The average Bonchev–Trinajstić information content (AvgIpc) is 2.59. The second-order valence-electron chi connectivity index (χ2n) is 7.11. The molecule has 5 nitrogen and oxygen atoms in total. The molecule has 1 aromatic carbocycles. The van der Waals surface area contributed by atoms with Gasteiger partial charge in [-0.05, 0) is 63.6 Å². The molecule has 2 rings (SSSR count). The molecule has 138 valence electrons. The van der Waals surface area contributed by atoms with Crippen LogP contribution in [0.1, 0.15) is 43.6 Å². The Labute approximate surface area is 159 Å². The van der Waals surface area contributed by atoms with Crippen molar-refractivity contribution in [1.29, 1.82) is 0 Å². The third kappa shape index (κ3) is 6.52. The van der Waals surface area contributed by atoms with Gasteiger partial charge >= 0.3 is 0 Å². The molecule has 0 radical (unpaired) electrons. The monoisotopic (exact) mass is 371 g/mol. The van der Waals surface area contributed by atoms with Gasteiger partial charge in [-0.15, -0.1) is 11.8 Å². The molecule has 0 saturated heterocycles. The van der Waals surface area contributed by atoms with Crippen molar-refractivity contribution in [3.8, 4) is 0 Å². The first-order valence-electron chi connectivity index (χ1n) is 8.49. The summed E-state index contributed by atoms with van der Waals surface area (Å²) in [6.45, 7) is 7.39. The molecule has 0 fully saturated rings. The maximum atomic E-state index is 12.3. The van der Waals surface area contributed by atoms with Crippen LogP contribution in [0.2, 0.25) is 0 Å². The predicted octanol–water partition coefficient (Wildman–Crippen LogP) is 3.41. The standard InChI is InChI=1S/C20H25N3O2S/c1-14(18(24)23-20(2,3)4)22-19(25)16-7-9-17(10-8-16)26-13-15-6-5-11-21-12-15/h5-12,14H,13H2,1-4H3,(H,22,25)(H,23,24). The fourth-order valence-corrected chi connectivity index (χ4v) is 3.01. The number of aromatic nitrogens is 1. The highest BCUT2D eigenvalue weighted by atomic mass is 32.2. The lowest BCUT2D eigenvalue weighted by Gasteiger charge is -2.23. The summed E-state index contributed by atoms with van der Waals surface area (Å²) >= 11 is 1.68. The minimum atomic E-state index is -0.596. The van der Waals surface area contributed by atoms with Crippen molar-refractivity contribution in [2.24, 2.45) is 0 Å². The van der Waals surface area contributed by atoms with Gasteiger partial charge < -0.3 is 10.6 Å². The molecule has 0 aliphatic carbocycles. The van der Waals surface area contributed by atoms with Crippen LogP contribution in [0.15, 0.2) is 53.7 Å². The van der Waals surface area contributed by atoms with Crippen molar-refractivity contribution in [1.82, 2.24) is 15.6 Å². The van der Waals surface area contributed by atoms with E-state index in [9.17, 15) is 9.59 Å². The largest absolute Gasteiger partial charge is 0.350 e. The number of nitrogens with zero attached hydrogens (tertiary/aromatic N) is 1. The van der Waals surface area contributed by atoms with Crippen LogP contribution in [-0.2, 0) is 10.5 Å². The normalized spacial score (nSPS) is 12.3. The topological polar surface area (TPSA) is 71.1 Å². The van der Waals surface area contributed by atoms with E-state index in [4.69, 9.17) is 0 Å². The van der Waals surface area contributed by atoms with Gasteiger partial charge in [-0.2, -0.15) is 0 Å². The molecule has 26 heavy (non-hydrogen) atoms. The molecule has 1 atom stereocenters. The molecule has 0 spiro atoms. The van der Waals surface area contributed by atoms with Crippen molar-refractivity contribution in [2.45, 2.75) is 49.9 Å². The summed E-state index contributed by atoms with van der Waals surface area (Å²) in [6.07, 6.45) is 3.60. The molecule has 0 bridgehead atoms. The average molecular weight is 372 g/mol. The van der Waals surface area contributed by atoms with Crippen molar-refractivity contribution in [3.63, 3.8) is 0 Å². The van der Waals surface area contributed by atoms with Crippen LogP contribution in [0, 0.1) is 0 Å². The van der Waals surface area contributed by atoms with E-state index in [0.717, 1.165) is 16.2 Å². The second-order valence-corrected chi connectivity index (χ2v) is 8.16. The molecule has 2 N–H and O–H groups in total. The van der Waals surface area contributed by atoms with Gasteiger partial charge in [0.1, 0.15) is 6.04 Å². The summed E-state index contributed by atoms with van der Waals surface area (Å²) in [5, 5.41) is 5.58. The molecule has 1 aromatic heterocycles. The van der Waals surface area contributed by atoms with Crippen molar-refractivity contribution in [3.05, 3.63) is 59.9 Å². The van der Waals surface area contributed by atoms with Gasteiger partial charge in [-0.3, -0.25) is 14.6 Å². The third-order valence-electron chi connectivity index (χ3n) is 3.48. The zero-order valence-corrected chi connectivity index (χ0v) is 16.4. The molecular weight excluding hydrogens is 346 g/mol. The van der Waals surface area contributed by atoms with Gasteiger partial charge in [0.25, 0.3) is 5.91 Å². The summed E-state index contributed by atoms with van der Waals surface area (Å²) in [4.78, 5) is 29.5. The van der Waals surface area contributed by atoms with Gasteiger partial charge in [0.15, 0.2) is 0 Å². The maximum absolute atomic E-state index is 12.3. The predicted molar refractivity (Wildman–Crippen MR) is 105 cm³/mol. The fraction of sp³-hybridized carbons (Fsp3) is 0.350. The summed E-state index contributed by atoms with van der Waals surface area (Å²) in [7, 11) is 0. The van der Waals surface area contributed by atoms with E-state index >= 15 is 0 Å². The van der Waals surface area contributed by atoms with Crippen molar-refractivity contribution in [2.75, 3.05) is 0 Å². The third-order valence-corrected chi connectivity index (χ3v) is 4.57. The lowest BCUT2D eigenvalue weighted by Crippen LogP contribution is -2.50. The minimum absolute atomic E-state index is 0.200. The molecule has 0 saturated carbocycles. The van der Waals surface area contributed by atoms with Crippen LogP contribution in [0.4, 0.5) is 0 Å². The smallest absolute Gasteiger partial charge is 0.251 e. The number of thioether (sulfide) groups is 1. The molecule has 0 aliphatic rings. The molecule has 0 aliphatic heterocycles. The summed E-state index contributed by atoms with van der Waals surface area (Å²) in [5.74, 6) is 0.364. The van der Waals surface area contributed by atoms with Gasteiger partial charge in [0.2, 0.25) is 5.91 Å². The van der Waals surface area contributed by atoms with E-state index in [1.165, 1.54) is 0 Å². The number of rotatable bonds is 6. The molecule has 1 heterocycles. The Morgan fingerprint density at radius 2 is 1.85 bits per heavy atom. The van der Waals surface area contributed by atoms with Crippen molar-refractivity contribution >= 4 is 23.6 Å². The number of hydrogen-bond donors (Lipinski definition) is 2. The van der Waals surface area contributed by atoms with Crippen LogP contribution in [0.3, 0.4) is 0 Å². The molecule has 2 aromatic rings. The first-order valence-corrected chi connectivity index (χ1v) is 9.48. The van der Waals surface area contributed by atoms with E-state index in [2.05, 4.69) is 15.6 Å². The lowest BCUT2D eigenvalue weighted by atomic mass is 10.1. The number of benzene rings is 1. The number of carbonyl (C=O) groups is 2. The fourth-order valence-electron chi connectivity index (χ4n) is 2.18. The van der Waals surface area contributed by atoms with Gasteiger partial charge in [-0.1, -0.05) is 6.07 Å². The number of hydrogen-bond acceptors (Lipinski definition) is 4. The number of amides is 2. The van der Waals surface area contributed by atoms with Crippen LogP contribution < -0.4 is 10.6 Å². The quantitative estimate of drug-likeness (QED) is 0.764. The highest BCUT2D eigenvalue weighted by molar-refractivity contribution is 7.98. The Balaban J connectivity index is 1.88. The lowest BCUT2D eigenvalue weighted by molar-refractivity contribution is -0.124. The van der Waals surface area contributed by atoms with Crippen LogP contribution in [-0.4, -0.2) is 28.4 Å². The van der Waals surface area contributed by atoms with Gasteiger partial charge in [-0.25, -0.2) is 0 Å². The molecule has 2 amide bonds. The van der Waals surface area contributed by atoms with Crippen molar-refractivity contribution < 1.29 is 9.59 Å². The summed E-state index contributed by atoms with van der Waals surface area (Å²) in [6, 6.07) is 10.7. The summed E-state index contributed by atoms with van der Waals surface area (Å²) < 4.78 is 0. The Morgan fingerprint density at radius 1 is 1.15 bits per heavy atom. The SMILES string of the molecule is CC(NC(=O)c1ccc(SCc2cccnc2)cc1)C(=O)NC(C)(C)C. The van der Waals surface area contributed by atoms with E-state index < -0.39 is 6.04 Å². The minimum Gasteiger partial charge on any atom is -0.350 e. The van der Waals surface area contributed by atoms with Gasteiger partial charge in [0, 0.05) is 34.1 Å². The molecule has 6 heteroatoms. The highest BCUT2D eigenvalue weighted by Gasteiger charge is 2.21. The maximum Gasteiger partial charge on any atom is 0.251 e. The zero-order valence-electron chi connectivity index (χ0n) is 15.6. The van der Waals surface area contributed by atoms with E-state index in [1.807, 2.05) is 51.2 Å².